The molecule has 1 aromatic rings. The van der Waals surface area contributed by atoms with Crippen molar-refractivity contribution in [1.82, 2.24) is 4.90 Å². The molecule has 19 heavy (non-hydrogen) atoms. The Morgan fingerprint density at radius 2 is 1.53 bits per heavy atom. The molecule has 1 atom stereocenters. The van der Waals surface area contributed by atoms with Crippen LogP contribution in [0.2, 0.25) is 0 Å². The van der Waals surface area contributed by atoms with Gasteiger partial charge in [-0.2, -0.15) is 0 Å². The van der Waals surface area contributed by atoms with Crippen LogP contribution in [0.5, 0.6) is 0 Å². The molecule has 2 heteroatoms. The molecule has 0 N–H and O–H groups in total. The van der Waals surface area contributed by atoms with E-state index >= 15 is 0 Å². The van der Waals surface area contributed by atoms with E-state index in [0.29, 0.717) is 5.92 Å². The Morgan fingerprint density at radius 3 is 1.95 bits per heavy atom. The zero-order valence-electron chi connectivity index (χ0n) is 12.0. The molecule has 0 heterocycles. The van der Waals surface area contributed by atoms with Crippen LogP contribution in [0.25, 0.3) is 0 Å². The minimum absolute atomic E-state index is 0.00103. The molecule has 0 amide bonds. The van der Waals surface area contributed by atoms with Crippen molar-refractivity contribution in [2.45, 2.75) is 25.1 Å². The van der Waals surface area contributed by atoms with Crippen molar-refractivity contribution in [1.29, 1.82) is 0 Å². The molecule has 0 saturated heterocycles. The van der Waals surface area contributed by atoms with Crippen LogP contribution < -0.4 is 0 Å². The summed E-state index contributed by atoms with van der Waals surface area (Å²) in [5, 5.41) is 0.00103. The van der Waals surface area contributed by atoms with Crippen LogP contribution in [0.4, 0.5) is 0 Å². The monoisotopic (exact) mass is 277 g/mol. The van der Waals surface area contributed by atoms with Gasteiger partial charge in [-0.25, -0.2) is 0 Å². The van der Waals surface area contributed by atoms with E-state index in [4.69, 9.17) is 11.6 Å². The summed E-state index contributed by atoms with van der Waals surface area (Å²) in [6, 6.07) is 8.60. The standard InChI is InChI=1S/C17H24ClN/c1-5-11-19(12-6-2)13-17(18)16-9-7-15(8-10-16)14(3)4/h5-10,14,17H,1-2,11-13H2,3-4H3. The van der Waals surface area contributed by atoms with Gasteiger partial charge in [0.15, 0.2) is 0 Å². The fourth-order valence-electron chi connectivity index (χ4n) is 2.01. The van der Waals surface area contributed by atoms with E-state index in [1.54, 1.807) is 0 Å². The number of hydrogen-bond acceptors (Lipinski definition) is 1. The number of rotatable bonds is 8. The third kappa shape index (κ3) is 5.22. The lowest BCUT2D eigenvalue weighted by Crippen LogP contribution is -2.27. The smallest absolute Gasteiger partial charge is 0.0712 e. The summed E-state index contributed by atoms with van der Waals surface area (Å²) in [7, 11) is 0. The molecule has 1 unspecified atom stereocenters. The van der Waals surface area contributed by atoms with E-state index < -0.39 is 0 Å². The molecule has 0 aromatic heterocycles. The highest BCUT2D eigenvalue weighted by Crippen LogP contribution is 2.24. The highest BCUT2D eigenvalue weighted by Gasteiger charge is 2.12. The lowest BCUT2D eigenvalue weighted by atomic mass is 10.0. The summed E-state index contributed by atoms with van der Waals surface area (Å²) in [6.45, 7) is 14.4. The molecule has 104 valence electrons. The fourth-order valence-corrected chi connectivity index (χ4v) is 2.35. The van der Waals surface area contributed by atoms with Gasteiger partial charge < -0.3 is 0 Å². The van der Waals surface area contributed by atoms with Crippen molar-refractivity contribution in [2.75, 3.05) is 19.6 Å². The van der Waals surface area contributed by atoms with Gasteiger partial charge in [-0.05, 0) is 17.0 Å². The minimum atomic E-state index is 0.00103. The van der Waals surface area contributed by atoms with Gasteiger partial charge in [0.2, 0.25) is 0 Å². The zero-order chi connectivity index (χ0) is 14.3. The predicted molar refractivity (Wildman–Crippen MR) is 86.0 cm³/mol. The first kappa shape index (κ1) is 16.0. The van der Waals surface area contributed by atoms with E-state index in [9.17, 15) is 0 Å². The third-order valence-corrected chi connectivity index (χ3v) is 3.55. The zero-order valence-corrected chi connectivity index (χ0v) is 12.7. The lowest BCUT2D eigenvalue weighted by Gasteiger charge is -2.22. The average Bonchev–Trinajstić information content (AvgIpc) is 2.39. The molecule has 0 spiro atoms. The van der Waals surface area contributed by atoms with Gasteiger partial charge in [-0.3, -0.25) is 4.90 Å². The molecule has 0 bridgehead atoms. The van der Waals surface area contributed by atoms with E-state index in [1.807, 2.05) is 12.2 Å². The maximum Gasteiger partial charge on any atom is 0.0712 e. The topological polar surface area (TPSA) is 3.24 Å². The normalized spacial score (nSPS) is 12.7. The number of alkyl halides is 1. The van der Waals surface area contributed by atoms with Gasteiger partial charge in [0.05, 0.1) is 5.38 Å². The van der Waals surface area contributed by atoms with Crippen molar-refractivity contribution >= 4 is 11.6 Å². The van der Waals surface area contributed by atoms with Crippen LogP contribution in [-0.4, -0.2) is 24.5 Å². The Kier molecular flexibility index (Phi) is 6.90. The summed E-state index contributed by atoms with van der Waals surface area (Å²) in [5.74, 6) is 0.556. The summed E-state index contributed by atoms with van der Waals surface area (Å²) in [6.07, 6.45) is 3.80. The second kappa shape index (κ2) is 8.19. The SMILES string of the molecule is C=CCN(CC=C)CC(Cl)c1ccc(C(C)C)cc1. The molecule has 1 nitrogen and oxygen atoms in total. The maximum atomic E-state index is 6.49. The molecular formula is C17H24ClN. The van der Waals surface area contributed by atoms with Gasteiger partial charge in [0.1, 0.15) is 0 Å². The molecule has 0 radical (unpaired) electrons. The molecule has 0 aliphatic carbocycles. The van der Waals surface area contributed by atoms with Crippen LogP contribution in [0.3, 0.4) is 0 Å². The van der Waals surface area contributed by atoms with Gasteiger partial charge in [0, 0.05) is 19.6 Å². The van der Waals surface area contributed by atoms with Crippen LogP contribution in [0.15, 0.2) is 49.6 Å². The number of halogens is 1. The van der Waals surface area contributed by atoms with Crippen LogP contribution >= 0.6 is 11.6 Å². The van der Waals surface area contributed by atoms with Crippen LogP contribution in [-0.2, 0) is 0 Å². The Hall–Kier alpha value is -1.05. The van der Waals surface area contributed by atoms with Crippen molar-refractivity contribution in [2.24, 2.45) is 0 Å². The Balaban J connectivity index is 2.67. The Bertz CT molecular complexity index is 384. The first-order chi connectivity index (χ1) is 9.08. The lowest BCUT2D eigenvalue weighted by molar-refractivity contribution is 0.335. The summed E-state index contributed by atoms with van der Waals surface area (Å²) < 4.78 is 0. The summed E-state index contributed by atoms with van der Waals surface area (Å²) >= 11 is 6.49. The quantitative estimate of drug-likeness (QED) is 0.489. The molecule has 0 fully saturated rings. The van der Waals surface area contributed by atoms with E-state index in [0.717, 1.165) is 19.6 Å². The average molecular weight is 278 g/mol. The largest absolute Gasteiger partial charge is 0.294 e. The van der Waals surface area contributed by atoms with E-state index in [-0.39, 0.29) is 5.38 Å². The molecular weight excluding hydrogens is 254 g/mol. The van der Waals surface area contributed by atoms with Crippen molar-refractivity contribution in [3.63, 3.8) is 0 Å². The van der Waals surface area contributed by atoms with E-state index in [2.05, 4.69) is 56.2 Å². The Morgan fingerprint density at radius 1 is 1.05 bits per heavy atom. The number of hydrogen-bond donors (Lipinski definition) is 0. The summed E-state index contributed by atoms with van der Waals surface area (Å²) in [5.41, 5.74) is 2.52. The fraction of sp³-hybridized carbons (Fsp3) is 0.412. The molecule has 1 aromatic carbocycles. The number of nitrogens with zero attached hydrogens (tertiary/aromatic N) is 1. The van der Waals surface area contributed by atoms with Crippen molar-refractivity contribution in [3.05, 3.63) is 60.7 Å². The predicted octanol–water partition coefficient (Wildman–Crippen LogP) is 4.76. The third-order valence-electron chi connectivity index (χ3n) is 3.16. The molecule has 0 saturated carbocycles. The van der Waals surface area contributed by atoms with E-state index in [1.165, 1.54) is 11.1 Å². The molecule has 0 aliphatic rings. The van der Waals surface area contributed by atoms with Crippen molar-refractivity contribution in [3.8, 4) is 0 Å². The minimum Gasteiger partial charge on any atom is -0.294 e. The highest BCUT2D eigenvalue weighted by molar-refractivity contribution is 6.21. The van der Waals surface area contributed by atoms with Gasteiger partial charge in [-0.1, -0.05) is 50.3 Å². The maximum absolute atomic E-state index is 6.49. The second-order valence-corrected chi connectivity index (χ2v) is 5.61. The Labute approximate surface area is 122 Å². The van der Waals surface area contributed by atoms with Gasteiger partial charge in [-0.15, -0.1) is 24.8 Å². The first-order valence-corrected chi connectivity index (χ1v) is 7.20. The van der Waals surface area contributed by atoms with Crippen LogP contribution in [0, 0.1) is 0 Å². The van der Waals surface area contributed by atoms with Crippen molar-refractivity contribution < 1.29 is 0 Å². The molecule has 0 aliphatic heterocycles. The van der Waals surface area contributed by atoms with Gasteiger partial charge >= 0.3 is 0 Å². The van der Waals surface area contributed by atoms with Crippen LogP contribution in [0.1, 0.15) is 36.3 Å². The first-order valence-electron chi connectivity index (χ1n) is 6.76. The molecule has 1 rings (SSSR count). The number of benzene rings is 1. The summed E-state index contributed by atoms with van der Waals surface area (Å²) in [4.78, 5) is 2.23. The van der Waals surface area contributed by atoms with Gasteiger partial charge in [0.25, 0.3) is 0 Å². The highest BCUT2D eigenvalue weighted by atomic mass is 35.5. The second-order valence-electron chi connectivity index (χ2n) is 5.08.